The lowest BCUT2D eigenvalue weighted by atomic mass is 10.2. The predicted molar refractivity (Wildman–Crippen MR) is 111 cm³/mol. The first-order valence-electron chi connectivity index (χ1n) is 8.78. The lowest BCUT2D eigenvalue weighted by Gasteiger charge is -2.05. The number of rotatable bonds is 3. The Morgan fingerprint density at radius 2 is 1.60 bits per heavy atom. The van der Waals surface area contributed by atoms with E-state index >= 15 is 0 Å². The number of hydrogen-bond acceptors (Lipinski definition) is 5. The van der Waals surface area contributed by atoms with Crippen molar-refractivity contribution in [1.29, 1.82) is 0 Å². The van der Waals surface area contributed by atoms with Crippen LogP contribution in [0, 0.1) is 0 Å². The Morgan fingerprint density at radius 1 is 0.867 bits per heavy atom. The Balaban J connectivity index is 0.000000377. The van der Waals surface area contributed by atoms with Crippen molar-refractivity contribution >= 4 is 35.1 Å². The second kappa shape index (κ2) is 9.16. The number of phenolic OH excluding ortho intramolecular Hbond substituents is 1. The number of aromatic nitrogens is 3. The summed E-state index contributed by atoms with van der Waals surface area (Å²) in [6.45, 7) is 0. The van der Waals surface area contributed by atoms with E-state index in [2.05, 4.69) is 4.98 Å². The third kappa shape index (κ3) is 4.87. The molecule has 0 bridgehead atoms. The van der Waals surface area contributed by atoms with Gasteiger partial charge in [-0.2, -0.15) is 0 Å². The fourth-order valence-corrected chi connectivity index (χ4v) is 2.68. The molecule has 0 aliphatic rings. The van der Waals surface area contributed by atoms with Crippen molar-refractivity contribution < 1.29 is 24.9 Å². The molecule has 8 heteroatoms. The number of imidazole rings is 1. The largest absolute Gasteiger partial charge is 0.508 e. The molecular formula is C22H17N3O5. The van der Waals surface area contributed by atoms with E-state index in [-0.39, 0.29) is 5.75 Å². The summed E-state index contributed by atoms with van der Waals surface area (Å²) in [5.74, 6) is -1.79. The number of benzene rings is 2. The van der Waals surface area contributed by atoms with Crippen molar-refractivity contribution in [1.82, 2.24) is 14.5 Å². The first kappa shape index (κ1) is 20.3. The molecule has 2 aromatic heterocycles. The highest BCUT2D eigenvalue weighted by Crippen LogP contribution is 2.22. The molecule has 2 heterocycles. The molecular weight excluding hydrogens is 386 g/mol. The van der Waals surface area contributed by atoms with E-state index in [4.69, 9.17) is 24.8 Å². The summed E-state index contributed by atoms with van der Waals surface area (Å²) in [7, 11) is 0. The van der Waals surface area contributed by atoms with Crippen LogP contribution in [-0.2, 0) is 9.59 Å². The second-order valence-corrected chi connectivity index (χ2v) is 6.02. The van der Waals surface area contributed by atoms with Crippen molar-refractivity contribution in [3.63, 3.8) is 0 Å². The van der Waals surface area contributed by atoms with Gasteiger partial charge in [-0.15, -0.1) is 0 Å². The van der Waals surface area contributed by atoms with E-state index in [1.165, 1.54) is 0 Å². The molecule has 0 aliphatic heterocycles. The maximum atomic E-state index is 9.59. The summed E-state index contributed by atoms with van der Waals surface area (Å²) in [5, 5.41) is 24.4. The van der Waals surface area contributed by atoms with E-state index in [0.29, 0.717) is 0 Å². The molecule has 4 rings (SSSR count). The van der Waals surface area contributed by atoms with Crippen molar-refractivity contribution in [2.75, 3.05) is 0 Å². The molecule has 0 fully saturated rings. The fraction of sp³-hybridized carbons (Fsp3) is 0. The number of para-hydroxylation sites is 2. The fourth-order valence-electron chi connectivity index (χ4n) is 2.68. The van der Waals surface area contributed by atoms with Crippen LogP contribution in [0.15, 0.2) is 72.9 Å². The second-order valence-electron chi connectivity index (χ2n) is 6.02. The Hall–Kier alpha value is -4.46. The van der Waals surface area contributed by atoms with Crippen LogP contribution in [0.4, 0.5) is 0 Å². The Morgan fingerprint density at radius 3 is 2.27 bits per heavy atom. The highest BCUT2D eigenvalue weighted by Gasteiger charge is 2.10. The van der Waals surface area contributed by atoms with Gasteiger partial charge in [-0.05, 0) is 48.0 Å². The standard InChI is InChI=1S/C20H15N3O.C2H2O4/c24-16-7-5-6-15(14-16)11-12-20-22-17-8-1-2-9-18(17)23(20)19-10-3-4-13-21-19;3-1(4)2(5)6/h1-14,24H;(H,3,4)(H,5,6)/b12-11+;. The van der Waals surface area contributed by atoms with Crippen molar-refractivity contribution in [3.05, 3.63) is 84.3 Å². The van der Waals surface area contributed by atoms with Crippen LogP contribution in [0.25, 0.3) is 29.0 Å². The number of aromatic hydroxyl groups is 1. The van der Waals surface area contributed by atoms with Crippen LogP contribution in [-0.4, -0.2) is 41.8 Å². The molecule has 150 valence electrons. The lowest BCUT2D eigenvalue weighted by Crippen LogP contribution is -2.09. The van der Waals surface area contributed by atoms with Gasteiger partial charge in [0, 0.05) is 6.20 Å². The Kier molecular flexibility index (Phi) is 6.19. The number of carboxylic acid groups (broad SMARTS) is 2. The Bertz CT molecular complexity index is 1200. The third-order valence-corrected chi connectivity index (χ3v) is 3.94. The summed E-state index contributed by atoms with van der Waals surface area (Å²) in [6.07, 6.45) is 5.64. The minimum atomic E-state index is -1.82. The van der Waals surface area contributed by atoms with Gasteiger partial charge in [0.05, 0.1) is 11.0 Å². The molecule has 0 saturated carbocycles. The van der Waals surface area contributed by atoms with Crippen LogP contribution in [0.2, 0.25) is 0 Å². The molecule has 3 N–H and O–H groups in total. The van der Waals surface area contributed by atoms with E-state index in [1.807, 2.05) is 71.3 Å². The zero-order valence-electron chi connectivity index (χ0n) is 15.6. The summed E-state index contributed by atoms with van der Waals surface area (Å²) in [5.41, 5.74) is 2.83. The average molecular weight is 403 g/mol. The van der Waals surface area contributed by atoms with Gasteiger partial charge in [0.1, 0.15) is 17.4 Å². The number of aliphatic carboxylic acids is 2. The zero-order chi connectivity index (χ0) is 21.5. The highest BCUT2D eigenvalue weighted by atomic mass is 16.4. The number of carboxylic acids is 2. The normalized spacial score (nSPS) is 10.5. The number of pyridine rings is 1. The van der Waals surface area contributed by atoms with E-state index < -0.39 is 11.9 Å². The molecule has 8 nitrogen and oxygen atoms in total. The first-order chi connectivity index (χ1) is 14.5. The quantitative estimate of drug-likeness (QED) is 0.447. The summed E-state index contributed by atoms with van der Waals surface area (Å²) in [6, 6.07) is 20.9. The summed E-state index contributed by atoms with van der Waals surface area (Å²) in [4.78, 5) is 27.3. The molecule has 30 heavy (non-hydrogen) atoms. The van der Waals surface area contributed by atoms with Gasteiger partial charge in [-0.3, -0.25) is 4.57 Å². The van der Waals surface area contributed by atoms with E-state index in [9.17, 15) is 5.11 Å². The Labute approximate surface area is 171 Å². The molecule has 0 amide bonds. The SMILES string of the molecule is O=C(O)C(=O)O.Oc1cccc(/C=C/c2nc3ccccc3n2-c2ccccn2)c1. The summed E-state index contributed by atoms with van der Waals surface area (Å²) < 4.78 is 2.02. The van der Waals surface area contributed by atoms with Crippen molar-refractivity contribution in [2.45, 2.75) is 0 Å². The molecule has 2 aromatic carbocycles. The highest BCUT2D eigenvalue weighted by molar-refractivity contribution is 6.27. The number of carbonyl (C=O) groups is 2. The maximum Gasteiger partial charge on any atom is 0.414 e. The number of fused-ring (bicyclic) bond motifs is 1. The van der Waals surface area contributed by atoms with Gasteiger partial charge >= 0.3 is 11.9 Å². The van der Waals surface area contributed by atoms with Gasteiger partial charge in [-0.1, -0.05) is 36.4 Å². The van der Waals surface area contributed by atoms with Gasteiger partial charge < -0.3 is 15.3 Å². The van der Waals surface area contributed by atoms with Crippen molar-refractivity contribution in [2.24, 2.45) is 0 Å². The molecule has 0 radical (unpaired) electrons. The van der Waals surface area contributed by atoms with Gasteiger partial charge in [0.25, 0.3) is 0 Å². The van der Waals surface area contributed by atoms with Crippen molar-refractivity contribution in [3.8, 4) is 11.6 Å². The smallest absolute Gasteiger partial charge is 0.414 e. The first-order valence-corrected chi connectivity index (χ1v) is 8.78. The maximum absolute atomic E-state index is 9.59. The number of phenols is 1. The van der Waals surface area contributed by atoms with Gasteiger partial charge in [-0.25, -0.2) is 19.6 Å². The third-order valence-electron chi connectivity index (χ3n) is 3.94. The molecule has 4 aromatic rings. The summed E-state index contributed by atoms with van der Waals surface area (Å²) >= 11 is 0. The predicted octanol–water partition coefficient (Wildman–Crippen LogP) is 3.45. The van der Waals surface area contributed by atoms with Crippen LogP contribution < -0.4 is 0 Å². The van der Waals surface area contributed by atoms with Crippen LogP contribution >= 0.6 is 0 Å². The monoisotopic (exact) mass is 403 g/mol. The molecule has 0 atom stereocenters. The molecule has 0 spiro atoms. The number of nitrogens with zero attached hydrogens (tertiary/aromatic N) is 3. The lowest BCUT2D eigenvalue weighted by molar-refractivity contribution is -0.159. The van der Waals surface area contributed by atoms with Gasteiger partial charge in [0.2, 0.25) is 0 Å². The number of hydrogen-bond donors (Lipinski definition) is 3. The van der Waals surface area contributed by atoms with Crippen LogP contribution in [0.3, 0.4) is 0 Å². The topological polar surface area (TPSA) is 126 Å². The van der Waals surface area contributed by atoms with Crippen LogP contribution in [0.5, 0.6) is 5.75 Å². The van der Waals surface area contributed by atoms with Crippen LogP contribution in [0.1, 0.15) is 11.4 Å². The van der Waals surface area contributed by atoms with E-state index in [1.54, 1.807) is 18.3 Å². The molecule has 0 unspecified atom stereocenters. The minimum absolute atomic E-state index is 0.246. The average Bonchev–Trinajstić information content (AvgIpc) is 3.12. The molecule has 0 saturated heterocycles. The molecule has 0 aliphatic carbocycles. The minimum Gasteiger partial charge on any atom is -0.508 e. The van der Waals surface area contributed by atoms with Gasteiger partial charge in [0.15, 0.2) is 0 Å². The zero-order valence-corrected chi connectivity index (χ0v) is 15.6. The van der Waals surface area contributed by atoms with E-state index in [0.717, 1.165) is 28.2 Å².